The summed E-state index contributed by atoms with van der Waals surface area (Å²) in [5, 5.41) is 17.2. The molecule has 64 heavy (non-hydrogen) atoms. The fraction of sp³-hybridized carbons (Fsp3) is 0.457. The minimum atomic E-state index is -4.61. The number of carbonyl (C=O) groups is 3. The highest BCUT2D eigenvalue weighted by atomic mass is 35.5. The van der Waals surface area contributed by atoms with E-state index in [1.807, 2.05) is 5.32 Å². The van der Waals surface area contributed by atoms with Crippen LogP contribution in [0.5, 0.6) is 5.19 Å². The van der Waals surface area contributed by atoms with Crippen molar-refractivity contribution in [2.45, 2.75) is 58.3 Å². The lowest BCUT2D eigenvalue weighted by Crippen LogP contribution is -2.40. The molecule has 17 nitrogen and oxygen atoms in total. The van der Waals surface area contributed by atoms with Crippen LogP contribution in [0.15, 0.2) is 41.2 Å². The van der Waals surface area contributed by atoms with Gasteiger partial charge in [0, 0.05) is 23.2 Å². The second-order valence-electron chi connectivity index (χ2n) is 13.0. The summed E-state index contributed by atoms with van der Waals surface area (Å²) in [7, 11) is -3.71. The van der Waals surface area contributed by atoms with Crippen LogP contribution in [0.25, 0.3) is 5.69 Å². The number of aliphatic carboxylic acids is 1. The minimum absolute atomic E-state index is 0.0424. The smallest absolute Gasteiger partial charge is 0.445 e. The molecule has 4 rings (SSSR count). The topological polar surface area (TPSA) is 231 Å². The monoisotopic (exact) mass is 1020 g/mol. The molecule has 2 aromatic heterocycles. The Morgan fingerprint density at radius 2 is 1.67 bits per heavy atom. The van der Waals surface area contributed by atoms with Crippen LogP contribution in [0.1, 0.15) is 43.7 Å². The van der Waals surface area contributed by atoms with Crippen molar-refractivity contribution >= 4 is 76.6 Å². The van der Waals surface area contributed by atoms with Crippen LogP contribution in [0.4, 0.5) is 36.4 Å². The molecule has 0 bridgehead atoms. The van der Waals surface area contributed by atoms with Crippen molar-refractivity contribution < 1.29 is 74.0 Å². The molecule has 2 heterocycles. The normalized spacial score (nSPS) is 12.5. The fourth-order valence-corrected chi connectivity index (χ4v) is 5.89. The van der Waals surface area contributed by atoms with E-state index in [1.54, 1.807) is 20.8 Å². The van der Waals surface area contributed by atoms with Gasteiger partial charge in [0.2, 0.25) is 5.01 Å². The first kappa shape index (κ1) is 57.7. The van der Waals surface area contributed by atoms with E-state index in [-0.39, 0.29) is 62.3 Å². The van der Waals surface area contributed by atoms with Gasteiger partial charge in [-0.25, -0.2) is 18.1 Å². The number of carboxylic acids is 1. The summed E-state index contributed by atoms with van der Waals surface area (Å²) in [5.74, 6) is -4.04. The lowest BCUT2D eigenvalue weighted by atomic mass is 10.1. The van der Waals surface area contributed by atoms with E-state index in [0.717, 1.165) is 12.1 Å². The standard InChI is InChI=1S/C15H14Cl2F3N3O3.C14H13F4N3O2S.C3H8NO5P.C3H9S/c1-3-26-13(24)10(17)4-8-5-12(11(18)6-9(8)16)23-15(25)22(14(19)20)7(2)21-23;1-8(2)21(10-5-3-9(15)4-6-10)11(22)7-23-13-20-19-12(24-13)14(16,17)18;5-3(6)1-4-2-10(7,8)9;1-4(2)3/h5-6,10,14H,3-4H2,1-2H3;3-6,8H,7H2,1-2H3;4H,1-2H2,(H,5,6)(H2,7,8,9);1-3H3/q;;;+1/p-1. The lowest BCUT2D eigenvalue weighted by Gasteiger charge is -2.26. The summed E-state index contributed by atoms with van der Waals surface area (Å²) in [5.41, 5.74) is -0.914. The molecule has 0 radical (unpaired) electrons. The van der Waals surface area contributed by atoms with Crippen molar-refractivity contribution in [3.05, 3.63) is 79.9 Å². The molecule has 29 heteroatoms. The maximum Gasteiger partial charge on any atom is 0.445 e. The number of benzene rings is 2. The van der Waals surface area contributed by atoms with Crippen LogP contribution in [-0.4, -0.2) is 109 Å². The van der Waals surface area contributed by atoms with Crippen molar-refractivity contribution in [2.75, 3.05) is 49.7 Å². The number of nitrogens with one attached hydrogen (secondary N) is 1. The van der Waals surface area contributed by atoms with Crippen molar-refractivity contribution in [2.24, 2.45) is 0 Å². The first-order valence-electron chi connectivity index (χ1n) is 17.8. The van der Waals surface area contributed by atoms with E-state index in [9.17, 15) is 59.4 Å². The molecule has 1 amide bonds. The number of nitrogens with zero attached hydrogens (tertiary/aromatic N) is 6. The van der Waals surface area contributed by atoms with E-state index < -0.39 is 85.3 Å². The molecule has 0 aliphatic rings. The highest BCUT2D eigenvalue weighted by Gasteiger charge is 2.36. The number of hydrogen-bond acceptors (Lipinski definition) is 13. The van der Waals surface area contributed by atoms with Gasteiger partial charge in [0.15, 0.2) is 12.4 Å². The van der Waals surface area contributed by atoms with Gasteiger partial charge in [-0.3, -0.25) is 19.7 Å². The molecule has 358 valence electrons. The molecule has 2 atom stereocenters. The second kappa shape index (κ2) is 26.6. The lowest BCUT2D eigenvalue weighted by molar-refractivity contribution is -0.193. The highest BCUT2D eigenvalue weighted by molar-refractivity contribution is 7.94. The SMILES string of the molecule is CC(C)N(C(=O)COc1nnc(C(F)(F)F)s1)c1ccc(F)cc1.CCOC(=O)C(Cl)Cc1cc(-n2nc(C)n(C(F)F)c2=O)c(F)cc1Cl.C[S+](C)C.O=C(O)CNCP(=O)([O-])O. The summed E-state index contributed by atoms with van der Waals surface area (Å²) in [6, 6.07) is 7.05. The third kappa shape index (κ3) is 20.3. The van der Waals surface area contributed by atoms with Gasteiger partial charge < -0.3 is 33.8 Å². The number of anilines is 1. The molecule has 2 aromatic carbocycles. The third-order valence-electron chi connectivity index (χ3n) is 6.91. The average Bonchev–Trinajstić information content (AvgIpc) is 3.76. The number of rotatable bonds is 15. The van der Waals surface area contributed by atoms with Crippen molar-refractivity contribution in [3.63, 3.8) is 0 Å². The predicted molar refractivity (Wildman–Crippen MR) is 224 cm³/mol. The molecular formula is C35H43Cl2F7N7O10PS2. The Hall–Kier alpha value is -4.30. The fourth-order valence-electron chi connectivity index (χ4n) is 4.48. The first-order valence-corrected chi connectivity index (χ1v) is 23.7. The molecule has 3 N–H and O–H groups in total. The van der Waals surface area contributed by atoms with Gasteiger partial charge in [0.1, 0.15) is 30.3 Å². The van der Waals surface area contributed by atoms with Crippen LogP contribution in [0.2, 0.25) is 5.02 Å². The molecule has 0 fully saturated rings. The number of alkyl halides is 6. The van der Waals surface area contributed by atoms with Crippen molar-refractivity contribution in [1.82, 2.24) is 29.9 Å². The van der Waals surface area contributed by atoms with Crippen LogP contribution < -0.4 is 25.5 Å². The highest BCUT2D eigenvalue weighted by Crippen LogP contribution is 2.34. The van der Waals surface area contributed by atoms with Crippen LogP contribution in [0.3, 0.4) is 0 Å². The zero-order valence-electron chi connectivity index (χ0n) is 34.7. The van der Waals surface area contributed by atoms with Gasteiger partial charge in [-0.1, -0.05) is 28.0 Å². The van der Waals surface area contributed by atoms with Gasteiger partial charge >= 0.3 is 30.4 Å². The van der Waals surface area contributed by atoms with E-state index in [1.165, 1.54) is 36.1 Å². The Kier molecular flexibility index (Phi) is 24.0. The molecule has 0 spiro atoms. The van der Waals surface area contributed by atoms with Crippen LogP contribution in [-0.2, 0) is 47.2 Å². The maximum absolute atomic E-state index is 14.2. The number of hydrogen-bond donors (Lipinski definition) is 3. The zero-order valence-corrected chi connectivity index (χ0v) is 38.8. The summed E-state index contributed by atoms with van der Waals surface area (Å²) < 4.78 is 111. The van der Waals surface area contributed by atoms with Crippen molar-refractivity contribution in [3.8, 4) is 10.9 Å². The Bertz CT molecular complexity index is 2240. The molecular weight excluding hydrogens is 977 g/mol. The van der Waals surface area contributed by atoms with Gasteiger partial charge in [-0.15, -0.1) is 21.8 Å². The molecule has 4 aromatic rings. The number of esters is 1. The molecule has 0 aliphatic heterocycles. The van der Waals surface area contributed by atoms with Crippen LogP contribution >= 0.6 is 42.1 Å². The number of carboxylic acid groups (broad SMARTS) is 1. The molecule has 0 aliphatic carbocycles. The number of amides is 1. The second-order valence-corrected chi connectivity index (χ2v) is 19.0. The van der Waals surface area contributed by atoms with E-state index in [4.69, 9.17) is 42.7 Å². The first-order chi connectivity index (χ1) is 29.5. The Balaban J connectivity index is 0.000000497. The largest absolute Gasteiger partial charge is 0.778 e. The Morgan fingerprint density at radius 1 is 1.09 bits per heavy atom. The van der Waals surface area contributed by atoms with Crippen molar-refractivity contribution in [1.29, 1.82) is 0 Å². The molecule has 0 saturated carbocycles. The van der Waals surface area contributed by atoms with E-state index in [2.05, 4.69) is 34.1 Å². The summed E-state index contributed by atoms with van der Waals surface area (Å²) in [6.07, 6.45) is 1.15. The quantitative estimate of drug-likeness (QED) is 0.0444. The third-order valence-corrected chi connectivity index (χ3v) is 9.10. The number of carbonyl (C=O) groups excluding carboxylic acids is 2. The predicted octanol–water partition coefficient (Wildman–Crippen LogP) is 5.42. The summed E-state index contributed by atoms with van der Waals surface area (Å²) in [6.45, 7) is 2.30. The van der Waals surface area contributed by atoms with Gasteiger partial charge in [0.25, 0.3) is 11.1 Å². The van der Waals surface area contributed by atoms with Crippen LogP contribution in [0, 0.1) is 18.6 Å². The summed E-state index contributed by atoms with van der Waals surface area (Å²) >= 11 is 12.1. The van der Waals surface area contributed by atoms with Gasteiger partial charge in [-0.2, -0.15) is 26.6 Å². The van der Waals surface area contributed by atoms with Gasteiger partial charge in [0.05, 0.1) is 38.2 Å². The molecule has 0 saturated heterocycles. The molecule has 2 unspecified atom stereocenters. The number of aryl methyl sites for hydroxylation is 1. The minimum Gasteiger partial charge on any atom is -0.778 e. The Morgan fingerprint density at radius 3 is 2.12 bits per heavy atom. The maximum atomic E-state index is 14.2. The van der Waals surface area contributed by atoms with E-state index in [0.29, 0.717) is 21.3 Å². The van der Waals surface area contributed by atoms with E-state index >= 15 is 0 Å². The number of aromatic nitrogens is 5. The summed E-state index contributed by atoms with van der Waals surface area (Å²) in [4.78, 5) is 65.1. The average molecular weight is 1020 g/mol. The van der Waals surface area contributed by atoms with Gasteiger partial charge in [-0.05, 0) is 80.6 Å². The Labute approximate surface area is 378 Å². The zero-order chi connectivity index (χ0) is 49.3. The number of ether oxygens (including phenoxy) is 2. The number of halogens is 9.